The van der Waals surface area contributed by atoms with Crippen molar-refractivity contribution < 1.29 is 0 Å². The largest absolute Gasteiger partial charge is 0.0998 e. The summed E-state index contributed by atoms with van der Waals surface area (Å²) in [4.78, 5) is 0. The minimum Gasteiger partial charge on any atom is -0.0998 e. The van der Waals surface area contributed by atoms with E-state index < -0.39 is 0 Å². The summed E-state index contributed by atoms with van der Waals surface area (Å²) in [5.41, 5.74) is 4.75. The van der Waals surface area contributed by atoms with Crippen LogP contribution in [0.1, 0.15) is 27.2 Å². The maximum Gasteiger partial charge on any atom is 0.00837 e. The molecule has 20 heavy (non-hydrogen) atoms. The van der Waals surface area contributed by atoms with Crippen LogP contribution in [-0.2, 0) is 0 Å². The fourth-order valence-electron chi connectivity index (χ4n) is 2.14. The fourth-order valence-corrected chi connectivity index (χ4v) is 2.14. The molecular formula is C20H26. The predicted octanol–water partition coefficient (Wildman–Crippen LogP) is 5.95. The topological polar surface area (TPSA) is 0 Å². The molecule has 0 bridgehead atoms. The van der Waals surface area contributed by atoms with E-state index in [1.807, 2.05) is 6.92 Å². The Hall–Kier alpha value is -1.82. The quantitative estimate of drug-likeness (QED) is 0.412. The molecule has 0 nitrogen and oxygen atoms in total. The summed E-state index contributed by atoms with van der Waals surface area (Å²) >= 11 is 0. The zero-order valence-electron chi connectivity index (χ0n) is 13.0. The normalized spacial score (nSPS) is 20.4. The highest BCUT2D eigenvalue weighted by Crippen LogP contribution is 2.33. The van der Waals surface area contributed by atoms with E-state index in [0.717, 1.165) is 6.42 Å². The zero-order chi connectivity index (χ0) is 15.1. The minimum absolute atomic E-state index is 0.358. The molecule has 0 aromatic carbocycles. The number of rotatable bonds is 6. The summed E-state index contributed by atoms with van der Waals surface area (Å²) in [5.74, 6) is 0.784. The number of hydrogen-bond acceptors (Lipinski definition) is 0. The molecule has 0 spiro atoms. The van der Waals surface area contributed by atoms with E-state index in [4.69, 9.17) is 0 Å². The monoisotopic (exact) mass is 266 g/mol. The summed E-state index contributed by atoms with van der Waals surface area (Å²) < 4.78 is 0. The van der Waals surface area contributed by atoms with Gasteiger partial charge in [-0.25, -0.2) is 0 Å². The van der Waals surface area contributed by atoms with Crippen molar-refractivity contribution in [2.24, 2.45) is 11.8 Å². The molecule has 0 aliphatic heterocycles. The van der Waals surface area contributed by atoms with Gasteiger partial charge in [-0.15, -0.1) is 0 Å². The van der Waals surface area contributed by atoms with Crippen LogP contribution in [0.2, 0.25) is 0 Å². The summed E-state index contributed by atoms with van der Waals surface area (Å²) in [6, 6.07) is 0. The van der Waals surface area contributed by atoms with Gasteiger partial charge in [0, 0.05) is 5.92 Å². The predicted molar refractivity (Wildman–Crippen MR) is 91.5 cm³/mol. The number of hydrogen-bond donors (Lipinski definition) is 0. The Kier molecular flexibility index (Phi) is 6.24. The van der Waals surface area contributed by atoms with Crippen molar-refractivity contribution in [3.05, 3.63) is 84.6 Å². The van der Waals surface area contributed by atoms with Gasteiger partial charge in [-0.2, -0.15) is 0 Å². The van der Waals surface area contributed by atoms with Gasteiger partial charge in [-0.3, -0.25) is 0 Å². The van der Waals surface area contributed by atoms with Crippen molar-refractivity contribution in [3.63, 3.8) is 0 Å². The Morgan fingerprint density at radius 3 is 2.60 bits per heavy atom. The molecular weight excluding hydrogens is 240 g/mol. The van der Waals surface area contributed by atoms with Crippen LogP contribution in [0.5, 0.6) is 0 Å². The zero-order valence-corrected chi connectivity index (χ0v) is 13.0. The molecule has 1 unspecified atom stereocenters. The molecule has 1 rings (SSSR count). The van der Waals surface area contributed by atoms with Crippen molar-refractivity contribution in [2.45, 2.75) is 27.2 Å². The first-order valence-electron chi connectivity index (χ1n) is 7.14. The third-order valence-corrected chi connectivity index (χ3v) is 3.67. The fraction of sp³-hybridized carbons (Fsp3) is 0.300. The molecule has 1 aliphatic rings. The Balaban J connectivity index is 2.70. The van der Waals surface area contributed by atoms with E-state index in [-0.39, 0.29) is 0 Å². The van der Waals surface area contributed by atoms with Crippen molar-refractivity contribution >= 4 is 0 Å². The third-order valence-electron chi connectivity index (χ3n) is 3.67. The van der Waals surface area contributed by atoms with Gasteiger partial charge in [-0.05, 0) is 37.3 Å². The van der Waals surface area contributed by atoms with Gasteiger partial charge in [-0.1, -0.05) is 80.3 Å². The maximum atomic E-state index is 4.26. The first kappa shape index (κ1) is 16.2. The van der Waals surface area contributed by atoms with Gasteiger partial charge < -0.3 is 0 Å². The summed E-state index contributed by atoms with van der Waals surface area (Å²) in [6.07, 6.45) is 15.8. The van der Waals surface area contributed by atoms with Crippen molar-refractivity contribution in [3.8, 4) is 0 Å². The Morgan fingerprint density at radius 2 is 2.00 bits per heavy atom. The van der Waals surface area contributed by atoms with Gasteiger partial charge in [0.05, 0.1) is 0 Å². The van der Waals surface area contributed by atoms with Crippen LogP contribution in [-0.4, -0.2) is 0 Å². The molecule has 0 saturated heterocycles. The van der Waals surface area contributed by atoms with E-state index in [1.165, 1.54) is 22.3 Å². The molecule has 0 heterocycles. The van der Waals surface area contributed by atoms with Gasteiger partial charge in [0.1, 0.15) is 0 Å². The number of allylic oxidation sites excluding steroid dienone is 11. The van der Waals surface area contributed by atoms with Crippen LogP contribution in [0.25, 0.3) is 0 Å². The highest BCUT2D eigenvalue weighted by Gasteiger charge is 2.21. The first-order valence-corrected chi connectivity index (χ1v) is 7.14. The van der Waals surface area contributed by atoms with E-state index in [9.17, 15) is 0 Å². The third kappa shape index (κ3) is 4.70. The molecule has 0 aromatic heterocycles. The van der Waals surface area contributed by atoms with Crippen molar-refractivity contribution in [2.75, 3.05) is 0 Å². The molecule has 106 valence electrons. The molecule has 0 N–H and O–H groups in total. The van der Waals surface area contributed by atoms with Crippen LogP contribution in [0.3, 0.4) is 0 Å². The molecule has 0 heteroatoms. The Bertz CT molecular complexity index is 506. The SMILES string of the molecule is C=C(C)C/C=C/C=C\C1=CC=CC([C@H](C)C(=C)C)C1=C. The van der Waals surface area contributed by atoms with E-state index in [2.05, 4.69) is 76.1 Å². The maximum absolute atomic E-state index is 4.26. The lowest BCUT2D eigenvalue weighted by molar-refractivity contribution is 0.558. The lowest BCUT2D eigenvalue weighted by Gasteiger charge is -2.26. The highest BCUT2D eigenvalue weighted by molar-refractivity contribution is 5.48. The summed E-state index contributed by atoms with van der Waals surface area (Å²) in [5, 5.41) is 0. The van der Waals surface area contributed by atoms with Gasteiger partial charge in [0.15, 0.2) is 0 Å². The average Bonchev–Trinajstić information content (AvgIpc) is 2.39. The first-order chi connectivity index (χ1) is 9.43. The highest BCUT2D eigenvalue weighted by atomic mass is 14.2. The van der Waals surface area contributed by atoms with Gasteiger partial charge in [0.2, 0.25) is 0 Å². The molecule has 0 radical (unpaired) electrons. The standard InChI is InChI=1S/C20H26/c1-15(2)11-8-7-9-12-19-13-10-14-20(18(19)6)17(5)16(3)4/h7-10,12-14,17,20H,1,3,6,11H2,2,4-5H3/b8-7+,12-9-/t17-,20?/m1/s1. The molecule has 0 saturated carbocycles. The Labute approximate surface area is 124 Å². The average molecular weight is 266 g/mol. The van der Waals surface area contributed by atoms with Crippen LogP contribution in [0.4, 0.5) is 0 Å². The summed E-state index contributed by atoms with van der Waals surface area (Å²) in [7, 11) is 0. The van der Waals surface area contributed by atoms with E-state index in [1.54, 1.807) is 0 Å². The van der Waals surface area contributed by atoms with Crippen LogP contribution in [0.15, 0.2) is 84.6 Å². The second-order valence-electron chi connectivity index (χ2n) is 5.64. The molecule has 1 aliphatic carbocycles. The molecule has 0 fully saturated rings. The lowest BCUT2D eigenvalue weighted by atomic mass is 9.78. The van der Waals surface area contributed by atoms with Crippen molar-refractivity contribution in [1.29, 1.82) is 0 Å². The van der Waals surface area contributed by atoms with Crippen LogP contribution >= 0.6 is 0 Å². The van der Waals surface area contributed by atoms with Gasteiger partial charge >= 0.3 is 0 Å². The Morgan fingerprint density at radius 1 is 1.30 bits per heavy atom. The van der Waals surface area contributed by atoms with E-state index in [0.29, 0.717) is 11.8 Å². The molecule has 2 atom stereocenters. The minimum atomic E-state index is 0.358. The van der Waals surface area contributed by atoms with E-state index >= 15 is 0 Å². The van der Waals surface area contributed by atoms with Crippen LogP contribution in [0, 0.1) is 11.8 Å². The molecule has 0 aromatic rings. The second kappa shape index (κ2) is 7.69. The van der Waals surface area contributed by atoms with Crippen LogP contribution < -0.4 is 0 Å². The smallest absolute Gasteiger partial charge is 0.00837 e. The summed E-state index contributed by atoms with van der Waals surface area (Å²) in [6.45, 7) is 18.5. The second-order valence-corrected chi connectivity index (χ2v) is 5.64. The lowest BCUT2D eigenvalue weighted by Crippen LogP contribution is -2.15. The van der Waals surface area contributed by atoms with Crippen molar-refractivity contribution in [1.82, 2.24) is 0 Å². The van der Waals surface area contributed by atoms with Gasteiger partial charge in [0.25, 0.3) is 0 Å². The molecule has 0 amide bonds.